The molecule has 0 saturated heterocycles. The van der Waals surface area contributed by atoms with Gasteiger partial charge in [-0.3, -0.25) is 9.48 Å². The Morgan fingerprint density at radius 1 is 1.33 bits per heavy atom. The predicted octanol–water partition coefficient (Wildman–Crippen LogP) is 2.60. The maximum Gasteiger partial charge on any atom is 0.254 e. The number of thioether (sulfide) groups is 1. The van der Waals surface area contributed by atoms with Gasteiger partial charge in [-0.25, -0.2) is 4.98 Å². The average molecular weight is 304 g/mol. The molecule has 112 valence electrons. The Morgan fingerprint density at radius 3 is 2.81 bits per heavy atom. The molecule has 21 heavy (non-hydrogen) atoms. The Hall–Kier alpha value is -1.82. The number of nitrogens with zero attached hydrogens (tertiary/aromatic N) is 3. The average Bonchev–Trinajstić information content (AvgIpc) is 2.91. The standard InChI is InChI=1S/C15H20N4OS/c1-11(2)21-15-13(6-4-7-16-15)14(20)18-12(3)10-19-9-5-8-17-19/h4-9,11-12H,10H2,1-3H3,(H,18,20)/t12-/m1/s1. The molecule has 0 spiro atoms. The van der Waals surface area contributed by atoms with Crippen molar-refractivity contribution in [1.29, 1.82) is 0 Å². The van der Waals surface area contributed by atoms with Gasteiger partial charge in [-0.05, 0) is 25.1 Å². The van der Waals surface area contributed by atoms with Crippen molar-refractivity contribution in [2.45, 2.75) is 43.6 Å². The minimum atomic E-state index is -0.0918. The second-order valence-electron chi connectivity index (χ2n) is 5.13. The lowest BCUT2D eigenvalue weighted by Crippen LogP contribution is -2.36. The summed E-state index contributed by atoms with van der Waals surface area (Å²) in [6, 6.07) is 5.47. The summed E-state index contributed by atoms with van der Waals surface area (Å²) in [7, 11) is 0. The van der Waals surface area contributed by atoms with E-state index < -0.39 is 0 Å². The first-order valence-electron chi connectivity index (χ1n) is 6.96. The van der Waals surface area contributed by atoms with E-state index in [4.69, 9.17) is 0 Å². The van der Waals surface area contributed by atoms with Crippen molar-refractivity contribution >= 4 is 17.7 Å². The molecule has 1 amide bonds. The normalized spacial score (nSPS) is 12.4. The zero-order valence-corrected chi connectivity index (χ0v) is 13.3. The summed E-state index contributed by atoms with van der Waals surface area (Å²) >= 11 is 1.60. The molecule has 0 fully saturated rings. The van der Waals surface area contributed by atoms with E-state index in [1.165, 1.54) is 0 Å². The van der Waals surface area contributed by atoms with E-state index in [-0.39, 0.29) is 11.9 Å². The largest absolute Gasteiger partial charge is 0.348 e. The highest BCUT2D eigenvalue weighted by Gasteiger charge is 2.16. The lowest BCUT2D eigenvalue weighted by Gasteiger charge is -2.15. The number of pyridine rings is 1. The van der Waals surface area contributed by atoms with E-state index in [1.807, 2.05) is 25.3 Å². The predicted molar refractivity (Wildman–Crippen MR) is 84.4 cm³/mol. The van der Waals surface area contributed by atoms with Crippen LogP contribution in [-0.4, -0.2) is 32.0 Å². The van der Waals surface area contributed by atoms with Crippen LogP contribution >= 0.6 is 11.8 Å². The van der Waals surface area contributed by atoms with Gasteiger partial charge in [0.25, 0.3) is 5.91 Å². The van der Waals surface area contributed by atoms with Gasteiger partial charge in [-0.1, -0.05) is 13.8 Å². The van der Waals surface area contributed by atoms with Crippen molar-refractivity contribution in [3.8, 4) is 0 Å². The summed E-state index contributed by atoms with van der Waals surface area (Å²) in [5.74, 6) is -0.0918. The summed E-state index contributed by atoms with van der Waals surface area (Å²) in [6.07, 6.45) is 5.33. The Kier molecular flexibility index (Phi) is 5.38. The number of nitrogens with one attached hydrogen (secondary N) is 1. The van der Waals surface area contributed by atoms with Crippen LogP contribution in [0, 0.1) is 0 Å². The molecule has 0 aromatic carbocycles. The first kappa shape index (κ1) is 15.6. The zero-order valence-electron chi connectivity index (χ0n) is 12.5. The molecule has 1 atom stereocenters. The van der Waals surface area contributed by atoms with Gasteiger partial charge < -0.3 is 5.32 Å². The second-order valence-corrected chi connectivity index (χ2v) is 6.69. The Balaban J connectivity index is 2.02. The van der Waals surface area contributed by atoms with E-state index in [9.17, 15) is 4.79 Å². The van der Waals surface area contributed by atoms with Crippen LogP contribution < -0.4 is 5.32 Å². The molecule has 6 heteroatoms. The fourth-order valence-corrected chi connectivity index (χ4v) is 2.77. The number of amides is 1. The molecule has 0 bridgehead atoms. The van der Waals surface area contributed by atoms with E-state index in [1.54, 1.807) is 34.9 Å². The number of carbonyl (C=O) groups excluding carboxylic acids is 1. The fourth-order valence-electron chi connectivity index (χ4n) is 1.92. The fraction of sp³-hybridized carbons (Fsp3) is 0.400. The lowest BCUT2D eigenvalue weighted by molar-refractivity contribution is 0.0932. The first-order chi connectivity index (χ1) is 10.1. The molecular formula is C15H20N4OS. The van der Waals surface area contributed by atoms with E-state index in [2.05, 4.69) is 29.2 Å². The first-order valence-corrected chi connectivity index (χ1v) is 7.84. The van der Waals surface area contributed by atoms with Gasteiger partial charge in [-0.15, -0.1) is 11.8 Å². The second kappa shape index (κ2) is 7.26. The van der Waals surface area contributed by atoms with Crippen LogP contribution in [-0.2, 0) is 6.54 Å². The summed E-state index contributed by atoms with van der Waals surface area (Å²) < 4.78 is 1.80. The van der Waals surface area contributed by atoms with Crippen LogP contribution in [0.25, 0.3) is 0 Å². The van der Waals surface area contributed by atoms with Gasteiger partial charge in [-0.2, -0.15) is 5.10 Å². The van der Waals surface area contributed by atoms with Gasteiger partial charge in [0.1, 0.15) is 5.03 Å². The molecular weight excluding hydrogens is 284 g/mol. The van der Waals surface area contributed by atoms with Crippen LogP contribution in [0.1, 0.15) is 31.1 Å². The quantitative estimate of drug-likeness (QED) is 0.833. The number of rotatable bonds is 6. The van der Waals surface area contributed by atoms with Crippen LogP contribution in [0.15, 0.2) is 41.8 Å². The third-order valence-electron chi connectivity index (χ3n) is 2.76. The van der Waals surface area contributed by atoms with Gasteiger partial charge >= 0.3 is 0 Å². The molecule has 0 aliphatic heterocycles. The maximum absolute atomic E-state index is 12.4. The molecule has 0 aliphatic rings. The highest BCUT2D eigenvalue weighted by atomic mass is 32.2. The lowest BCUT2D eigenvalue weighted by atomic mass is 10.2. The minimum absolute atomic E-state index is 0.00509. The van der Waals surface area contributed by atoms with Gasteiger partial charge in [0, 0.05) is 29.9 Å². The SMILES string of the molecule is CC(C)Sc1ncccc1C(=O)N[C@H](C)Cn1cccn1. The summed E-state index contributed by atoms with van der Waals surface area (Å²) in [4.78, 5) is 16.7. The van der Waals surface area contributed by atoms with Gasteiger partial charge in [0.2, 0.25) is 0 Å². The third kappa shape index (κ3) is 4.60. The van der Waals surface area contributed by atoms with Crippen molar-refractivity contribution in [3.63, 3.8) is 0 Å². The smallest absolute Gasteiger partial charge is 0.254 e. The topological polar surface area (TPSA) is 59.8 Å². The van der Waals surface area contributed by atoms with Gasteiger partial charge in [0.05, 0.1) is 12.1 Å². The van der Waals surface area contributed by atoms with Crippen molar-refractivity contribution in [2.24, 2.45) is 0 Å². The molecule has 0 aliphatic carbocycles. The highest BCUT2D eigenvalue weighted by Crippen LogP contribution is 2.24. The number of hydrogen-bond donors (Lipinski definition) is 1. The van der Waals surface area contributed by atoms with Crippen LogP contribution in [0.2, 0.25) is 0 Å². The molecule has 0 unspecified atom stereocenters. The van der Waals surface area contributed by atoms with Gasteiger partial charge in [0.15, 0.2) is 0 Å². The molecule has 5 nitrogen and oxygen atoms in total. The van der Waals surface area contributed by atoms with Crippen LogP contribution in [0.5, 0.6) is 0 Å². The van der Waals surface area contributed by atoms with E-state index in [0.29, 0.717) is 17.4 Å². The van der Waals surface area contributed by atoms with Crippen LogP contribution in [0.3, 0.4) is 0 Å². The van der Waals surface area contributed by atoms with Crippen molar-refractivity contribution in [3.05, 3.63) is 42.4 Å². The minimum Gasteiger partial charge on any atom is -0.348 e. The molecule has 0 saturated carbocycles. The molecule has 0 radical (unpaired) electrons. The molecule has 1 N–H and O–H groups in total. The van der Waals surface area contributed by atoms with Crippen molar-refractivity contribution in [2.75, 3.05) is 0 Å². The molecule has 2 aromatic heterocycles. The summed E-state index contributed by atoms with van der Waals surface area (Å²) in [5.41, 5.74) is 0.628. The summed E-state index contributed by atoms with van der Waals surface area (Å²) in [5, 5.41) is 8.29. The van der Waals surface area contributed by atoms with Crippen molar-refractivity contribution < 1.29 is 4.79 Å². The highest BCUT2D eigenvalue weighted by molar-refractivity contribution is 7.99. The Labute approximate surface area is 129 Å². The molecule has 2 rings (SSSR count). The van der Waals surface area contributed by atoms with E-state index >= 15 is 0 Å². The monoisotopic (exact) mass is 304 g/mol. The van der Waals surface area contributed by atoms with Crippen molar-refractivity contribution in [1.82, 2.24) is 20.1 Å². The van der Waals surface area contributed by atoms with E-state index in [0.717, 1.165) is 5.03 Å². The maximum atomic E-state index is 12.4. The Morgan fingerprint density at radius 2 is 2.14 bits per heavy atom. The third-order valence-corrected chi connectivity index (χ3v) is 3.78. The Bertz CT molecular complexity index is 583. The number of hydrogen-bond acceptors (Lipinski definition) is 4. The number of carbonyl (C=O) groups is 1. The zero-order chi connectivity index (χ0) is 15.2. The summed E-state index contributed by atoms with van der Waals surface area (Å²) in [6.45, 7) is 6.78. The molecule has 2 heterocycles. The van der Waals surface area contributed by atoms with Crippen LogP contribution in [0.4, 0.5) is 0 Å². The molecule has 2 aromatic rings. The number of aromatic nitrogens is 3.